The lowest BCUT2D eigenvalue weighted by Gasteiger charge is -2.15. The number of rotatable bonds is 8. The van der Waals surface area contributed by atoms with E-state index in [4.69, 9.17) is 4.74 Å². The van der Waals surface area contributed by atoms with Crippen molar-refractivity contribution < 1.29 is 14.3 Å². The highest BCUT2D eigenvalue weighted by Crippen LogP contribution is 2.19. The number of carbonyl (C=O) groups is 2. The number of carbonyl (C=O) groups excluding carboxylic acids is 2. The normalized spacial score (nSPS) is 10.4. The molecule has 0 atom stereocenters. The second kappa shape index (κ2) is 9.76. The summed E-state index contributed by atoms with van der Waals surface area (Å²) in [6.45, 7) is 4.16. The van der Waals surface area contributed by atoms with E-state index < -0.39 is 0 Å². The van der Waals surface area contributed by atoms with Crippen LogP contribution in [0.3, 0.4) is 0 Å². The summed E-state index contributed by atoms with van der Waals surface area (Å²) >= 11 is 0. The number of anilines is 2. The Balaban J connectivity index is 1.95. The van der Waals surface area contributed by atoms with Gasteiger partial charge in [0.2, 0.25) is 0 Å². The molecule has 5 heteroatoms. The molecule has 5 nitrogen and oxygen atoms in total. The van der Waals surface area contributed by atoms with Gasteiger partial charge in [-0.2, -0.15) is 0 Å². The lowest BCUT2D eigenvalue weighted by Crippen LogP contribution is -2.15. The van der Waals surface area contributed by atoms with E-state index >= 15 is 0 Å². The number of ether oxygens (including phenoxy) is 1. The van der Waals surface area contributed by atoms with E-state index in [1.165, 1.54) is 0 Å². The second-order valence-electron chi connectivity index (χ2n) is 6.70. The number of hydrogen-bond acceptors (Lipinski definition) is 4. The molecule has 1 N–H and O–H groups in total. The van der Waals surface area contributed by atoms with Gasteiger partial charge >= 0.3 is 5.97 Å². The number of benzene rings is 2. The van der Waals surface area contributed by atoms with Crippen LogP contribution in [-0.4, -0.2) is 32.6 Å². The fraction of sp³-hybridized carbons (Fsp3) is 0.364. The first kappa shape index (κ1) is 20.5. The lowest BCUT2D eigenvalue weighted by atomic mass is 10.1. The molecule has 0 aliphatic heterocycles. The van der Waals surface area contributed by atoms with Crippen molar-refractivity contribution in [3.63, 3.8) is 0 Å². The van der Waals surface area contributed by atoms with Crippen LogP contribution in [0.15, 0.2) is 42.5 Å². The molecule has 144 valence electrons. The van der Waals surface area contributed by atoms with Gasteiger partial charge in [-0.1, -0.05) is 18.2 Å². The Morgan fingerprint density at radius 2 is 1.78 bits per heavy atom. The number of esters is 1. The Bertz CT molecular complexity index is 783. The Morgan fingerprint density at radius 3 is 2.41 bits per heavy atom. The van der Waals surface area contributed by atoms with Gasteiger partial charge in [-0.3, -0.25) is 9.59 Å². The maximum Gasteiger partial charge on any atom is 0.305 e. The Labute approximate surface area is 161 Å². The molecule has 27 heavy (non-hydrogen) atoms. The topological polar surface area (TPSA) is 58.6 Å². The average Bonchev–Trinajstić information content (AvgIpc) is 2.63. The van der Waals surface area contributed by atoms with Crippen LogP contribution in [0, 0.1) is 6.92 Å². The molecule has 2 aromatic carbocycles. The van der Waals surface area contributed by atoms with Crippen LogP contribution in [0.2, 0.25) is 0 Å². The summed E-state index contributed by atoms with van der Waals surface area (Å²) in [6.07, 6.45) is 1.98. The zero-order valence-corrected chi connectivity index (χ0v) is 16.5. The first-order valence-corrected chi connectivity index (χ1v) is 9.24. The van der Waals surface area contributed by atoms with Crippen LogP contribution in [-0.2, 0) is 16.0 Å². The van der Waals surface area contributed by atoms with Crippen molar-refractivity contribution in [3.05, 3.63) is 59.2 Å². The van der Waals surface area contributed by atoms with E-state index in [0.717, 1.165) is 35.3 Å². The third kappa shape index (κ3) is 6.13. The maximum atomic E-state index is 12.6. The van der Waals surface area contributed by atoms with Crippen molar-refractivity contribution in [2.24, 2.45) is 0 Å². The minimum absolute atomic E-state index is 0.119. The number of nitrogens with zero attached hydrogens (tertiary/aromatic N) is 1. The molecule has 2 rings (SSSR count). The van der Waals surface area contributed by atoms with Crippen LogP contribution in [0.5, 0.6) is 0 Å². The Kier molecular flexibility index (Phi) is 7.41. The molecule has 0 heterocycles. The summed E-state index contributed by atoms with van der Waals surface area (Å²) in [6, 6.07) is 13.6. The zero-order chi connectivity index (χ0) is 19.8. The van der Waals surface area contributed by atoms with E-state index in [-0.39, 0.29) is 11.9 Å². The second-order valence-corrected chi connectivity index (χ2v) is 6.70. The van der Waals surface area contributed by atoms with Gasteiger partial charge in [-0.15, -0.1) is 0 Å². The maximum absolute atomic E-state index is 12.6. The summed E-state index contributed by atoms with van der Waals surface area (Å²) in [5.41, 5.74) is 4.47. The molecule has 0 unspecified atom stereocenters. The van der Waals surface area contributed by atoms with Crippen molar-refractivity contribution >= 4 is 23.3 Å². The van der Waals surface area contributed by atoms with Gasteiger partial charge in [0, 0.05) is 37.5 Å². The fourth-order valence-electron chi connectivity index (χ4n) is 2.76. The molecule has 2 aromatic rings. The van der Waals surface area contributed by atoms with E-state index in [2.05, 4.69) is 5.32 Å². The highest BCUT2D eigenvalue weighted by Gasteiger charge is 2.11. The van der Waals surface area contributed by atoms with Gasteiger partial charge in [0.05, 0.1) is 6.61 Å². The van der Waals surface area contributed by atoms with Crippen LogP contribution in [0.4, 0.5) is 11.4 Å². The molecule has 1 amide bonds. The van der Waals surface area contributed by atoms with Crippen molar-refractivity contribution in [1.82, 2.24) is 0 Å². The molecule has 0 fully saturated rings. The Morgan fingerprint density at radius 1 is 1.07 bits per heavy atom. The van der Waals surface area contributed by atoms with Crippen LogP contribution in [0.1, 0.15) is 41.3 Å². The lowest BCUT2D eigenvalue weighted by molar-refractivity contribution is -0.143. The van der Waals surface area contributed by atoms with E-state index in [1.807, 2.05) is 75.3 Å². The van der Waals surface area contributed by atoms with Crippen LogP contribution in [0.25, 0.3) is 0 Å². The van der Waals surface area contributed by atoms with Gasteiger partial charge in [-0.05, 0) is 62.1 Å². The minimum Gasteiger partial charge on any atom is -0.466 e. The predicted molar refractivity (Wildman–Crippen MR) is 109 cm³/mol. The van der Waals surface area contributed by atoms with Gasteiger partial charge in [-0.25, -0.2) is 0 Å². The molecule has 0 bridgehead atoms. The molecular weight excluding hydrogens is 340 g/mol. The average molecular weight is 368 g/mol. The summed E-state index contributed by atoms with van der Waals surface area (Å²) in [7, 11) is 3.90. The summed E-state index contributed by atoms with van der Waals surface area (Å²) < 4.78 is 4.93. The molecule has 0 aromatic heterocycles. The summed E-state index contributed by atoms with van der Waals surface area (Å²) in [5, 5.41) is 2.95. The van der Waals surface area contributed by atoms with Crippen molar-refractivity contribution in [3.8, 4) is 0 Å². The SMILES string of the molecule is CCOC(=O)CCCc1ccc(NC(=O)c2cc(N(C)C)ccc2C)cc1. The van der Waals surface area contributed by atoms with Crippen LogP contribution >= 0.6 is 0 Å². The monoisotopic (exact) mass is 368 g/mol. The molecule has 0 aliphatic carbocycles. The van der Waals surface area contributed by atoms with Gasteiger partial charge < -0.3 is 15.0 Å². The third-order valence-electron chi connectivity index (χ3n) is 4.35. The standard InChI is InChI=1S/C22H28N2O3/c1-5-27-21(25)8-6-7-17-10-12-18(13-11-17)23-22(26)20-15-19(24(3)4)14-9-16(20)2/h9-15H,5-8H2,1-4H3,(H,23,26). The minimum atomic E-state index is -0.156. The van der Waals surface area contributed by atoms with E-state index in [9.17, 15) is 9.59 Å². The number of aryl methyl sites for hydroxylation is 2. The van der Waals surface area contributed by atoms with Gasteiger partial charge in [0.25, 0.3) is 5.91 Å². The van der Waals surface area contributed by atoms with Gasteiger partial charge in [0.15, 0.2) is 0 Å². The van der Waals surface area contributed by atoms with Crippen molar-refractivity contribution in [1.29, 1.82) is 0 Å². The summed E-state index contributed by atoms with van der Waals surface area (Å²) in [4.78, 5) is 26.0. The molecule has 0 saturated carbocycles. The molecule has 0 aliphatic rings. The Hall–Kier alpha value is -2.82. The highest BCUT2D eigenvalue weighted by molar-refractivity contribution is 6.05. The van der Waals surface area contributed by atoms with E-state index in [1.54, 1.807) is 0 Å². The number of amides is 1. The largest absolute Gasteiger partial charge is 0.466 e. The van der Waals surface area contributed by atoms with Crippen LogP contribution < -0.4 is 10.2 Å². The zero-order valence-electron chi connectivity index (χ0n) is 16.5. The fourth-order valence-corrected chi connectivity index (χ4v) is 2.76. The third-order valence-corrected chi connectivity index (χ3v) is 4.35. The molecule has 0 radical (unpaired) electrons. The first-order chi connectivity index (χ1) is 12.9. The van der Waals surface area contributed by atoms with Crippen molar-refractivity contribution in [2.45, 2.75) is 33.1 Å². The smallest absolute Gasteiger partial charge is 0.305 e. The number of hydrogen-bond donors (Lipinski definition) is 1. The number of nitrogens with one attached hydrogen (secondary N) is 1. The molecule has 0 spiro atoms. The van der Waals surface area contributed by atoms with Gasteiger partial charge in [0.1, 0.15) is 0 Å². The highest BCUT2D eigenvalue weighted by atomic mass is 16.5. The predicted octanol–water partition coefficient (Wildman–Crippen LogP) is 4.20. The summed E-state index contributed by atoms with van der Waals surface area (Å²) in [5.74, 6) is -0.275. The first-order valence-electron chi connectivity index (χ1n) is 9.24. The molecular formula is C22H28N2O3. The quantitative estimate of drug-likeness (QED) is 0.710. The molecule has 0 saturated heterocycles. The van der Waals surface area contributed by atoms with E-state index in [0.29, 0.717) is 18.6 Å². The van der Waals surface area contributed by atoms with Crippen molar-refractivity contribution in [2.75, 3.05) is 30.9 Å².